The average Bonchev–Trinajstić information content (AvgIpc) is 3.14. The van der Waals surface area contributed by atoms with Crippen LogP contribution in [0.15, 0.2) is 83.5 Å². The van der Waals surface area contributed by atoms with E-state index in [1.54, 1.807) is 6.08 Å². The lowest BCUT2D eigenvalue weighted by molar-refractivity contribution is -0.384. The Morgan fingerprint density at radius 1 is 1.03 bits per heavy atom. The number of hydrogen-bond donors (Lipinski definition) is 0. The van der Waals surface area contributed by atoms with Crippen LogP contribution in [0.4, 0.5) is 5.69 Å². The monoisotopic (exact) mass is 414 g/mol. The first-order valence-corrected chi connectivity index (χ1v) is 9.55. The fourth-order valence-corrected chi connectivity index (χ4v) is 3.06. The van der Waals surface area contributed by atoms with Gasteiger partial charge in [0.15, 0.2) is 5.70 Å². The third kappa shape index (κ3) is 4.51. The normalized spacial score (nSPS) is 14.3. The van der Waals surface area contributed by atoms with E-state index in [1.807, 2.05) is 55.5 Å². The zero-order chi connectivity index (χ0) is 21.8. The topological polar surface area (TPSA) is 91.0 Å². The second kappa shape index (κ2) is 8.62. The van der Waals surface area contributed by atoms with Gasteiger partial charge in [0, 0.05) is 23.3 Å². The van der Waals surface area contributed by atoms with Gasteiger partial charge in [-0.2, -0.15) is 0 Å². The Labute approximate surface area is 178 Å². The van der Waals surface area contributed by atoms with E-state index >= 15 is 0 Å². The minimum Gasteiger partial charge on any atom is -0.488 e. The van der Waals surface area contributed by atoms with Crippen molar-refractivity contribution in [1.29, 1.82) is 0 Å². The molecule has 0 atom stereocenters. The van der Waals surface area contributed by atoms with Gasteiger partial charge in [0.1, 0.15) is 12.4 Å². The van der Waals surface area contributed by atoms with Crippen molar-refractivity contribution in [1.82, 2.24) is 0 Å². The molecule has 0 N–H and O–H groups in total. The Balaban J connectivity index is 1.57. The fraction of sp³-hybridized carbons (Fsp3) is 0.0833. The maximum Gasteiger partial charge on any atom is 0.363 e. The predicted molar refractivity (Wildman–Crippen MR) is 116 cm³/mol. The standard InChI is InChI=1S/C24H18N2O5/c1-16-6-2-3-8-19(16)15-30-22-9-5-4-7-18(22)14-21-24(27)31-23(25-21)17-10-12-20(13-11-17)26(28)29/h2-14H,15H2,1H3/b21-14-. The van der Waals surface area contributed by atoms with Crippen LogP contribution in [-0.2, 0) is 16.1 Å². The number of nitrogens with zero attached hydrogens (tertiary/aromatic N) is 2. The molecule has 3 aromatic carbocycles. The SMILES string of the molecule is Cc1ccccc1COc1ccccc1/C=C1\N=C(c2ccc([N+](=O)[O-])cc2)OC1=O. The Morgan fingerprint density at radius 2 is 1.74 bits per heavy atom. The first-order valence-electron chi connectivity index (χ1n) is 9.55. The molecule has 0 bridgehead atoms. The third-order valence-corrected chi connectivity index (χ3v) is 4.80. The fourth-order valence-electron chi connectivity index (χ4n) is 3.06. The smallest absolute Gasteiger partial charge is 0.363 e. The number of cyclic esters (lactones) is 1. The number of carbonyl (C=O) groups excluding carboxylic acids is 1. The molecule has 0 unspecified atom stereocenters. The van der Waals surface area contributed by atoms with E-state index < -0.39 is 10.9 Å². The van der Waals surface area contributed by atoms with Gasteiger partial charge in [0.2, 0.25) is 5.90 Å². The van der Waals surface area contributed by atoms with Gasteiger partial charge >= 0.3 is 5.97 Å². The Kier molecular flexibility index (Phi) is 5.57. The second-order valence-electron chi connectivity index (χ2n) is 6.89. The van der Waals surface area contributed by atoms with Crippen molar-refractivity contribution in [2.45, 2.75) is 13.5 Å². The van der Waals surface area contributed by atoms with Gasteiger partial charge < -0.3 is 9.47 Å². The van der Waals surface area contributed by atoms with Crippen LogP contribution in [0.25, 0.3) is 6.08 Å². The molecule has 1 aliphatic rings. The first-order chi connectivity index (χ1) is 15.0. The summed E-state index contributed by atoms with van der Waals surface area (Å²) in [5, 5.41) is 10.8. The number of hydrogen-bond acceptors (Lipinski definition) is 6. The molecule has 0 spiro atoms. The third-order valence-electron chi connectivity index (χ3n) is 4.80. The molecular formula is C24H18N2O5. The molecule has 0 saturated carbocycles. The number of carbonyl (C=O) groups is 1. The maximum atomic E-state index is 12.3. The van der Waals surface area contributed by atoms with Crippen LogP contribution in [-0.4, -0.2) is 16.8 Å². The highest BCUT2D eigenvalue weighted by molar-refractivity contribution is 6.13. The summed E-state index contributed by atoms with van der Waals surface area (Å²) in [4.78, 5) is 26.9. The van der Waals surface area contributed by atoms with Gasteiger partial charge in [-0.15, -0.1) is 0 Å². The van der Waals surface area contributed by atoms with Crippen LogP contribution in [0.5, 0.6) is 5.75 Å². The van der Waals surface area contributed by atoms with E-state index in [2.05, 4.69) is 4.99 Å². The van der Waals surface area contributed by atoms with Crippen molar-refractivity contribution in [3.8, 4) is 5.75 Å². The lowest BCUT2D eigenvalue weighted by Crippen LogP contribution is -2.05. The maximum absolute atomic E-state index is 12.3. The number of ether oxygens (including phenoxy) is 2. The predicted octanol–water partition coefficient (Wildman–Crippen LogP) is 4.83. The highest BCUT2D eigenvalue weighted by Gasteiger charge is 2.25. The quantitative estimate of drug-likeness (QED) is 0.249. The Morgan fingerprint density at radius 3 is 2.48 bits per heavy atom. The summed E-state index contributed by atoms with van der Waals surface area (Å²) >= 11 is 0. The Bertz CT molecular complexity index is 1210. The summed E-state index contributed by atoms with van der Waals surface area (Å²) in [6.07, 6.45) is 1.61. The van der Waals surface area contributed by atoms with E-state index in [0.29, 0.717) is 23.5 Å². The molecule has 7 nitrogen and oxygen atoms in total. The second-order valence-corrected chi connectivity index (χ2v) is 6.89. The van der Waals surface area contributed by atoms with Crippen molar-refractivity contribution in [2.75, 3.05) is 0 Å². The number of aryl methyl sites for hydroxylation is 1. The highest BCUT2D eigenvalue weighted by atomic mass is 16.6. The summed E-state index contributed by atoms with van der Waals surface area (Å²) in [5.74, 6) is 0.122. The van der Waals surface area contributed by atoms with Crippen molar-refractivity contribution in [3.63, 3.8) is 0 Å². The van der Waals surface area contributed by atoms with Gasteiger partial charge in [-0.3, -0.25) is 10.1 Å². The minimum atomic E-state index is -0.595. The molecule has 154 valence electrons. The molecule has 31 heavy (non-hydrogen) atoms. The average molecular weight is 414 g/mol. The molecule has 0 radical (unpaired) electrons. The van der Waals surface area contributed by atoms with Crippen LogP contribution in [0, 0.1) is 17.0 Å². The van der Waals surface area contributed by atoms with Gasteiger partial charge in [0.25, 0.3) is 5.69 Å². The minimum absolute atomic E-state index is 0.0517. The van der Waals surface area contributed by atoms with Gasteiger partial charge in [-0.25, -0.2) is 9.79 Å². The molecular weight excluding hydrogens is 396 g/mol. The molecule has 3 aromatic rings. The lowest BCUT2D eigenvalue weighted by atomic mass is 10.1. The zero-order valence-corrected chi connectivity index (χ0v) is 16.6. The summed E-state index contributed by atoms with van der Waals surface area (Å²) in [6, 6.07) is 21.0. The van der Waals surface area contributed by atoms with Crippen molar-refractivity contribution in [3.05, 3.63) is 111 Å². The number of esters is 1. The number of rotatable bonds is 6. The number of nitro groups is 1. The van der Waals surface area contributed by atoms with Gasteiger partial charge in [-0.1, -0.05) is 42.5 Å². The van der Waals surface area contributed by atoms with Crippen molar-refractivity contribution >= 4 is 23.6 Å². The molecule has 0 aromatic heterocycles. The number of aliphatic imine (C=N–C) groups is 1. The van der Waals surface area contributed by atoms with Gasteiger partial charge in [0.05, 0.1) is 4.92 Å². The number of non-ortho nitro benzene ring substituents is 1. The lowest BCUT2D eigenvalue weighted by Gasteiger charge is -2.11. The summed E-state index contributed by atoms with van der Waals surface area (Å²) in [6.45, 7) is 2.42. The number of nitro benzene ring substituents is 1. The molecule has 0 aliphatic carbocycles. The number of para-hydroxylation sites is 1. The molecule has 0 amide bonds. The zero-order valence-electron chi connectivity index (χ0n) is 16.6. The van der Waals surface area contributed by atoms with E-state index in [1.165, 1.54) is 24.3 Å². The van der Waals surface area contributed by atoms with Crippen LogP contribution < -0.4 is 4.74 Å². The van der Waals surface area contributed by atoms with Crippen LogP contribution >= 0.6 is 0 Å². The van der Waals surface area contributed by atoms with Crippen LogP contribution in [0.3, 0.4) is 0 Å². The number of benzene rings is 3. The van der Waals surface area contributed by atoms with Crippen LogP contribution in [0.2, 0.25) is 0 Å². The highest BCUT2D eigenvalue weighted by Crippen LogP contribution is 2.26. The first kappa shape index (κ1) is 20.0. The summed E-state index contributed by atoms with van der Waals surface area (Å²) in [7, 11) is 0. The molecule has 1 aliphatic heterocycles. The van der Waals surface area contributed by atoms with Crippen molar-refractivity contribution in [2.24, 2.45) is 4.99 Å². The molecule has 0 saturated heterocycles. The molecule has 4 rings (SSSR count). The van der Waals surface area contributed by atoms with Crippen molar-refractivity contribution < 1.29 is 19.2 Å². The summed E-state index contributed by atoms with van der Waals surface area (Å²) in [5.41, 5.74) is 3.45. The Hall–Kier alpha value is -4.26. The molecule has 7 heteroatoms. The largest absolute Gasteiger partial charge is 0.488 e. The van der Waals surface area contributed by atoms with E-state index in [0.717, 1.165) is 11.1 Å². The van der Waals surface area contributed by atoms with E-state index in [9.17, 15) is 14.9 Å². The molecule has 1 heterocycles. The van der Waals surface area contributed by atoms with Gasteiger partial charge in [-0.05, 0) is 42.3 Å². The van der Waals surface area contributed by atoms with E-state index in [-0.39, 0.29) is 17.3 Å². The summed E-state index contributed by atoms with van der Waals surface area (Å²) < 4.78 is 11.2. The molecule has 0 fully saturated rings. The van der Waals surface area contributed by atoms with E-state index in [4.69, 9.17) is 9.47 Å². The van der Waals surface area contributed by atoms with Crippen LogP contribution in [0.1, 0.15) is 22.3 Å².